The molecule has 5 nitrogen and oxygen atoms in total. The van der Waals surface area contributed by atoms with Gasteiger partial charge in [-0.25, -0.2) is 9.37 Å². The molecule has 2 aromatic rings. The Morgan fingerprint density at radius 3 is 2.46 bits per heavy atom. The van der Waals surface area contributed by atoms with Gasteiger partial charge in [-0.1, -0.05) is 20.8 Å². The highest BCUT2D eigenvalue weighted by Crippen LogP contribution is 2.37. The first-order valence-electron chi connectivity index (χ1n) is 8.57. The van der Waals surface area contributed by atoms with E-state index in [1.54, 1.807) is 25.3 Å². The molecule has 0 aliphatic carbocycles. The van der Waals surface area contributed by atoms with Gasteiger partial charge >= 0.3 is 0 Å². The summed E-state index contributed by atoms with van der Waals surface area (Å²) in [6.45, 7) is 5.84. The van der Waals surface area contributed by atoms with Gasteiger partial charge in [-0.15, -0.1) is 0 Å². The summed E-state index contributed by atoms with van der Waals surface area (Å²) in [5, 5.41) is 8.80. The molecule has 1 amide bonds. The van der Waals surface area contributed by atoms with Gasteiger partial charge in [0.1, 0.15) is 12.1 Å². The SMILES string of the molecule is CC(CCC#N)(CCC(C)(C)c1coc(-c2ccc(F)cc2)n1)C(N)=O. The number of amides is 1. The lowest BCUT2D eigenvalue weighted by atomic mass is 9.74. The highest BCUT2D eigenvalue weighted by atomic mass is 19.1. The molecule has 1 unspecified atom stereocenters. The number of nitrogens with zero attached hydrogens (tertiary/aromatic N) is 2. The third-order valence-electron chi connectivity index (χ3n) is 4.97. The minimum atomic E-state index is -0.726. The summed E-state index contributed by atoms with van der Waals surface area (Å²) in [5.41, 5.74) is 5.94. The largest absolute Gasteiger partial charge is 0.444 e. The van der Waals surface area contributed by atoms with E-state index in [-0.39, 0.29) is 11.2 Å². The lowest BCUT2D eigenvalue weighted by molar-refractivity contribution is -0.127. The van der Waals surface area contributed by atoms with Crippen LogP contribution in [0.15, 0.2) is 34.9 Å². The van der Waals surface area contributed by atoms with Crippen LogP contribution < -0.4 is 5.73 Å². The molecule has 0 aliphatic heterocycles. The number of nitriles is 1. The van der Waals surface area contributed by atoms with Crippen molar-refractivity contribution in [2.75, 3.05) is 0 Å². The predicted molar refractivity (Wildman–Crippen MR) is 96.3 cm³/mol. The van der Waals surface area contributed by atoms with Crippen LogP contribution in [0.2, 0.25) is 0 Å². The number of hydrogen-bond donors (Lipinski definition) is 1. The second-order valence-corrected chi connectivity index (χ2v) is 7.51. The first kappa shape index (κ1) is 19.6. The third-order valence-corrected chi connectivity index (χ3v) is 4.97. The standard InChI is InChI=1S/C20H24FN3O2/c1-19(2,10-11-20(3,18(23)25)9-4-12-22)16-13-26-17(24-16)14-5-7-15(21)8-6-14/h5-8,13H,4,9-11H2,1-3H3,(H2,23,25). The number of halogens is 1. The van der Waals surface area contributed by atoms with Crippen LogP contribution in [0, 0.1) is 22.6 Å². The molecular formula is C20H24FN3O2. The Labute approximate surface area is 153 Å². The molecule has 138 valence electrons. The first-order chi connectivity index (χ1) is 12.2. The summed E-state index contributed by atoms with van der Waals surface area (Å²) >= 11 is 0. The van der Waals surface area contributed by atoms with Gasteiger partial charge < -0.3 is 10.2 Å². The Balaban J connectivity index is 2.13. The summed E-state index contributed by atoms with van der Waals surface area (Å²) < 4.78 is 18.6. The van der Waals surface area contributed by atoms with Crippen LogP contribution in [0.3, 0.4) is 0 Å². The summed E-state index contributed by atoms with van der Waals surface area (Å²) in [7, 11) is 0. The summed E-state index contributed by atoms with van der Waals surface area (Å²) in [6, 6.07) is 8.02. The second-order valence-electron chi connectivity index (χ2n) is 7.51. The molecule has 0 bridgehead atoms. The highest BCUT2D eigenvalue weighted by Gasteiger charge is 2.34. The number of aromatic nitrogens is 1. The zero-order chi connectivity index (χ0) is 19.4. The molecule has 1 aromatic heterocycles. The molecule has 0 aliphatic rings. The lowest BCUT2D eigenvalue weighted by Crippen LogP contribution is -2.36. The van der Waals surface area contributed by atoms with E-state index in [9.17, 15) is 9.18 Å². The maximum absolute atomic E-state index is 13.1. The van der Waals surface area contributed by atoms with Gasteiger partial charge in [0.15, 0.2) is 0 Å². The number of oxazole rings is 1. The molecule has 1 atom stereocenters. The van der Waals surface area contributed by atoms with Crippen molar-refractivity contribution in [3.63, 3.8) is 0 Å². The zero-order valence-electron chi connectivity index (χ0n) is 15.4. The first-order valence-corrected chi connectivity index (χ1v) is 8.57. The van der Waals surface area contributed by atoms with Gasteiger partial charge in [-0.3, -0.25) is 4.79 Å². The third kappa shape index (κ3) is 4.48. The molecule has 2 rings (SSSR count). The van der Waals surface area contributed by atoms with Gasteiger partial charge in [0, 0.05) is 22.8 Å². The van der Waals surface area contributed by atoms with Crippen LogP contribution in [0.4, 0.5) is 4.39 Å². The van der Waals surface area contributed by atoms with E-state index in [0.717, 1.165) is 5.69 Å². The molecule has 0 saturated carbocycles. The van der Waals surface area contributed by atoms with E-state index in [1.165, 1.54) is 12.1 Å². The number of rotatable bonds is 8. The van der Waals surface area contributed by atoms with Crippen LogP contribution in [0.25, 0.3) is 11.5 Å². The van der Waals surface area contributed by atoms with E-state index in [0.29, 0.717) is 37.1 Å². The van der Waals surface area contributed by atoms with E-state index >= 15 is 0 Å². The maximum Gasteiger partial charge on any atom is 0.226 e. The van der Waals surface area contributed by atoms with Gasteiger partial charge in [0.2, 0.25) is 11.8 Å². The Kier molecular flexibility index (Phi) is 5.81. The summed E-state index contributed by atoms with van der Waals surface area (Å²) in [4.78, 5) is 16.4. The molecule has 1 aromatic carbocycles. The van der Waals surface area contributed by atoms with E-state index in [1.807, 2.05) is 13.8 Å². The molecule has 0 spiro atoms. The number of hydrogen-bond acceptors (Lipinski definition) is 4. The smallest absolute Gasteiger partial charge is 0.226 e. The van der Waals surface area contributed by atoms with E-state index in [2.05, 4.69) is 11.1 Å². The molecule has 0 radical (unpaired) electrons. The fourth-order valence-electron chi connectivity index (χ4n) is 2.73. The Morgan fingerprint density at radius 2 is 1.88 bits per heavy atom. The lowest BCUT2D eigenvalue weighted by Gasteiger charge is -2.30. The van der Waals surface area contributed by atoms with Crippen LogP contribution in [-0.4, -0.2) is 10.9 Å². The monoisotopic (exact) mass is 357 g/mol. The second kappa shape index (κ2) is 7.69. The van der Waals surface area contributed by atoms with Crippen molar-refractivity contribution < 1.29 is 13.6 Å². The Morgan fingerprint density at radius 1 is 1.23 bits per heavy atom. The van der Waals surface area contributed by atoms with E-state index < -0.39 is 11.3 Å². The Bertz CT molecular complexity index is 805. The quantitative estimate of drug-likeness (QED) is 0.761. The minimum Gasteiger partial charge on any atom is -0.444 e. The van der Waals surface area contributed by atoms with Crippen molar-refractivity contribution in [2.45, 2.75) is 51.9 Å². The van der Waals surface area contributed by atoms with Crippen molar-refractivity contribution in [3.8, 4) is 17.5 Å². The van der Waals surface area contributed by atoms with Gasteiger partial charge in [0.05, 0.1) is 11.8 Å². The molecule has 26 heavy (non-hydrogen) atoms. The van der Waals surface area contributed by atoms with Crippen molar-refractivity contribution >= 4 is 5.91 Å². The van der Waals surface area contributed by atoms with Gasteiger partial charge in [-0.05, 0) is 43.5 Å². The average molecular weight is 357 g/mol. The molecule has 2 N–H and O–H groups in total. The number of benzene rings is 1. The molecular weight excluding hydrogens is 333 g/mol. The fourth-order valence-corrected chi connectivity index (χ4v) is 2.73. The molecule has 6 heteroatoms. The van der Waals surface area contributed by atoms with Crippen LogP contribution in [0.5, 0.6) is 0 Å². The highest BCUT2D eigenvalue weighted by molar-refractivity contribution is 5.80. The summed E-state index contributed by atoms with van der Waals surface area (Å²) in [5.74, 6) is -0.283. The number of primary amides is 1. The van der Waals surface area contributed by atoms with Gasteiger partial charge in [-0.2, -0.15) is 5.26 Å². The van der Waals surface area contributed by atoms with Crippen molar-refractivity contribution in [1.29, 1.82) is 5.26 Å². The van der Waals surface area contributed by atoms with Crippen LogP contribution >= 0.6 is 0 Å². The molecule has 0 saturated heterocycles. The van der Waals surface area contributed by atoms with Crippen molar-refractivity contribution in [3.05, 3.63) is 42.0 Å². The normalized spacial score (nSPS) is 13.8. The van der Waals surface area contributed by atoms with Crippen molar-refractivity contribution in [2.24, 2.45) is 11.1 Å². The average Bonchev–Trinajstić information content (AvgIpc) is 3.10. The number of carbonyl (C=O) groups is 1. The fraction of sp³-hybridized carbons (Fsp3) is 0.450. The number of carbonyl (C=O) groups excluding carboxylic acids is 1. The van der Waals surface area contributed by atoms with Crippen LogP contribution in [0.1, 0.15) is 52.1 Å². The number of nitrogens with two attached hydrogens (primary N) is 1. The van der Waals surface area contributed by atoms with Crippen LogP contribution in [-0.2, 0) is 10.2 Å². The minimum absolute atomic E-state index is 0.290. The van der Waals surface area contributed by atoms with E-state index in [4.69, 9.17) is 15.4 Å². The summed E-state index contributed by atoms with van der Waals surface area (Å²) in [6.07, 6.45) is 3.53. The predicted octanol–water partition coefficient (Wildman–Crippen LogP) is 4.33. The van der Waals surface area contributed by atoms with Gasteiger partial charge in [0.25, 0.3) is 0 Å². The van der Waals surface area contributed by atoms with Crippen molar-refractivity contribution in [1.82, 2.24) is 4.98 Å². The maximum atomic E-state index is 13.1. The molecule has 0 fully saturated rings. The zero-order valence-corrected chi connectivity index (χ0v) is 15.4. The molecule has 1 heterocycles. The topological polar surface area (TPSA) is 92.9 Å². The Hall–Kier alpha value is -2.68.